The second-order valence-electron chi connectivity index (χ2n) is 6.00. The molecule has 1 saturated heterocycles. The molecule has 2 aromatic rings. The molecule has 1 aromatic heterocycles. The summed E-state index contributed by atoms with van der Waals surface area (Å²) < 4.78 is 5.59. The van der Waals surface area contributed by atoms with Crippen LogP contribution in [0, 0.1) is 11.3 Å². The van der Waals surface area contributed by atoms with Gasteiger partial charge in [0.2, 0.25) is 0 Å². The van der Waals surface area contributed by atoms with Crippen LogP contribution in [0.3, 0.4) is 0 Å². The Bertz CT molecular complexity index is 999. The van der Waals surface area contributed by atoms with E-state index in [9.17, 15) is 14.7 Å². The quantitative estimate of drug-likeness (QED) is 0.724. The van der Waals surface area contributed by atoms with E-state index in [1.807, 2.05) is 19.1 Å². The van der Waals surface area contributed by atoms with Gasteiger partial charge in [0.05, 0.1) is 29.0 Å². The molecular formula is C20H17N3O4S. The summed E-state index contributed by atoms with van der Waals surface area (Å²) in [4.78, 5) is 28.3. The molecule has 1 aromatic carbocycles. The van der Waals surface area contributed by atoms with Gasteiger partial charge in [-0.15, -0.1) is 0 Å². The van der Waals surface area contributed by atoms with Gasteiger partial charge in [0.25, 0.3) is 5.91 Å². The summed E-state index contributed by atoms with van der Waals surface area (Å²) in [5, 5.41) is 21.1. The zero-order valence-corrected chi connectivity index (χ0v) is 15.8. The second kappa shape index (κ2) is 8.59. The van der Waals surface area contributed by atoms with Crippen molar-refractivity contribution >= 4 is 34.9 Å². The van der Waals surface area contributed by atoms with Crippen LogP contribution in [0.5, 0.6) is 0 Å². The number of nitrogens with one attached hydrogen (secondary N) is 1. The molecule has 0 unspecified atom stereocenters. The molecule has 1 aliphatic heterocycles. The highest BCUT2D eigenvalue weighted by atomic mass is 32.2. The number of nitrogens with zero attached hydrogens (tertiary/aromatic N) is 2. The minimum absolute atomic E-state index is 0.233. The van der Waals surface area contributed by atoms with E-state index in [4.69, 9.17) is 9.68 Å². The first kappa shape index (κ1) is 19.5. The number of amidine groups is 1. The lowest BCUT2D eigenvalue weighted by Gasteiger charge is -2.11. The molecular weight excluding hydrogens is 378 g/mol. The maximum Gasteiger partial charge on any atom is 0.305 e. The number of aliphatic carboxylic acids is 1. The van der Waals surface area contributed by atoms with Crippen LogP contribution >= 0.6 is 11.8 Å². The minimum Gasteiger partial charge on any atom is -0.481 e. The number of carbonyl (C=O) groups is 2. The number of carbonyl (C=O) groups excluding carboxylic acids is 1. The van der Waals surface area contributed by atoms with Gasteiger partial charge in [0, 0.05) is 12.5 Å². The van der Waals surface area contributed by atoms with Crippen molar-refractivity contribution in [1.29, 1.82) is 5.26 Å². The molecule has 28 heavy (non-hydrogen) atoms. The third-order valence-corrected chi connectivity index (χ3v) is 4.94. The molecule has 2 N–H and O–H groups in total. The second-order valence-corrected chi connectivity index (χ2v) is 7.03. The number of amides is 1. The molecule has 0 spiro atoms. The van der Waals surface area contributed by atoms with Crippen molar-refractivity contribution in [3.63, 3.8) is 0 Å². The van der Waals surface area contributed by atoms with Gasteiger partial charge in [-0.05, 0) is 41.6 Å². The average Bonchev–Trinajstić information content (AvgIpc) is 3.27. The molecule has 1 fully saturated rings. The molecule has 142 valence electrons. The van der Waals surface area contributed by atoms with E-state index in [-0.39, 0.29) is 12.3 Å². The minimum atomic E-state index is -1.01. The summed E-state index contributed by atoms with van der Waals surface area (Å²) in [6, 6.07) is 11.5. The van der Waals surface area contributed by atoms with Crippen molar-refractivity contribution in [2.45, 2.75) is 25.8 Å². The summed E-state index contributed by atoms with van der Waals surface area (Å²) in [5.41, 5.74) is 1.13. The average molecular weight is 395 g/mol. The maximum atomic E-state index is 12.2. The number of furan rings is 1. The van der Waals surface area contributed by atoms with Gasteiger partial charge in [-0.2, -0.15) is 5.26 Å². The molecule has 8 heteroatoms. The molecule has 1 aliphatic rings. The Morgan fingerprint density at radius 2 is 2.11 bits per heavy atom. The van der Waals surface area contributed by atoms with Crippen molar-refractivity contribution in [2.24, 2.45) is 4.99 Å². The molecule has 0 saturated carbocycles. The molecule has 1 atom stereocenters. The smallest absolute Gasteiger partial charge is 0.305 e. The van der Waals surface area contributed by atoms with Crippen molar-refractivity contribution in [2.75, 3.05) is 0 Å². The van der Waals surface area contributed by atoms with Crippen molar-refractivity contribution < 1.29 is 19.1 Å². The number of nitriles is 1. The number of carboxylic acids is 1. The monoisotopic (exact) mass is 395 g/mol. The molecule has 1 amide bonds. The topological polar surface area (TPSA) is 116 Å². The Morgan fingerprint density at radius 3 is 2.71 bits per heavy atom. The van der Waals surface area contributed by atoms with Crippen LogP contribution in [0.4, 0.5) is 0 Å². The van der Waals surface area contributed by atoms with Crippen LogP contribution in [0.2, 0.25) is 0 Å². The first-order valence-electron chi connectivity index (χ1n) is 8.57. The predicted molar refractivity (Wildman–Crippen MR) is 105 cm³/mol. The lowest BCUT2D eigenvalue weighted by molar-refractivity contribution is -0.137. The third kappa shape index (κ3) is 4.69. The number of rotatable bonds is 6. The summed E-state index contributed by atoms with van der Waals surface area (Å²) in [6.45, 7) is 1.98. The van der Waals surface area contributed by atoms with E-state index in [0.717, 1.165) is 23.9 Å². The number of aryl methyl sites for hydroxylation is 1. The van der Waals surface area contributed by atoms with E-state index in [2.05, 4.69) is 10.3 Å². The summed E-state index contributed by atoms with van der Waals surface area (Å²) >= 11 is 1.13. The zero-order valence-electron chi connectivity index (χ0n) is 15.0. The molecule has 3 rings (SSSR count). The van der Waals surface area contributed by atoms with Crippen LogP contribution in [0.25, 0.3) is 6.08 Å². The molecule has 0 radical (unpaired) electrons. The standard InChI is InChI=1S/C20H17N3O4S/c1-2-14-7-8-15(27-14)9-17-19(26)23-20(28-17)22-16(10-18(24)25)13-5-3-12(11-21)4-6-13/h3-9,16H,2,10H2,1H3,(H,24,25)(H,22,23,26)/b17-9-/t16-/m1/s1. The Kier molecular flexibility index (Phi) is 5.96. The van der Waals surface area contributed by atoms with E-state index in [0.29, 0.717) is 27.0 Å². The lowest BCUT2D eigenvalue weighted by atomic mass is 10.0. The van der Waals surface area contributed by atoms with Gasteiger partial charge in [-0.25, -0.2) is 0 Å². The van der Waals surface area contributed by atoms with Crippen LogP contribution in [-0.4, -0.2) is 22.2 Å². The van der Waals surface area contributed by atoms with E-state index in [1.165, 1.54) is 0 Å². The van der Waals surface area contributed by atoms with Gasteiger partial charge in [-0.3, -0.25) is 14.6 Å². The number of hydrogen-bond acceptors (Lipinski definition) is 6. The summed E-state index contributed by atoms with van der Waals surface area (Å²) in [6.07, 6.45) is 2.16. The third-order valence-electron chi connectivity index (χ3n) is 4.02. The highest BCUT2D eigenvalue weighted by Crippen LogP contribution is 2.30. The fraction of sp³-hybridized carbons (Fsp3) is 0.200. The number of thioether (sulfide) groups is 1. The van der Waals surface area contributed by atoms with Crippen molar-refractivity contribution in [1.82, 2.24) is 5.32 Å². The number of aliphatic imine (C=N–C) groups is 1. The van der Waals surface area contributed by atoms with Gasteiger partial charge in [0.15, 0.2) is 5.17 Å². The summed E-state index contributed by atoms with van der Waals surface area (Å²) in [5.74, 6) is 0.0787. The van der Waals surface area contributed by atoms with E-state index < -0.39 is 12.0 Å². The Hall–Kier alpha value is -3.31. The number of hydrogen-bond donors (Lipinski definition) is 2. The fourth-order valence-corrected chi connectivity index (χ4v) is 3.46. The van der Waals surface area contributed by atoms with Crippen LogP contribution in [-0.2, 0) is 16.0 Å². The Balaban J connectivity index is 1.83. The molecule has 0 bridgehead atoms. The first-order valence-corrected chi connectivity index (χ1v) is 9.39. The van der Waals surface area contributed by atoms with Crippen LogP contribution in [0.1, 0.15) is 42.0 Å². The summed E-state index contributed by atoms with van der Waals surface area (Å²) in [7, 11) is 0. The first-order chi connectivity index (χ1) is 13.5. The lowest BCUT2D eigenvalue weighted by Crippen LogP contribution is -2.21. The Morgan fingerprint density at radius 1 is 1.36 bits per heavy atom. The van der Waals surface area contributed by atoms with Gasteiger partial charge < -0.3 is 14.8 Å². The maximum absolute atomic E-state index is 12.2. The molecule has 2 heterocycles. The fourth-order valence-electron chi connectivity index (χ4n) is 2.60. The van der Waals surface area contributed by atoms with E-state index >= 15 is 0 Å². The van der Waals surface area contributed by atoms with E-state index in [1.54, 1.807) is 36.4 Å². The van der Waals surface area contributed by atoms with Crippen molar-refractivity contribution in [3.8, 4) is 6.07 Å². The van der Waals surface area contributed by atoms with Crippen molar-refractivity contribution in [3.05, 3.63) is 64.0 Å². The predicted octanol–water partition coefficient (Wildman–Crippen LogP) is 3.49. The number of carboxylic acid groups (broad SMARTS) is 1. The molecule has 0 aliphatic carbocycles. The largest absolute Gasteiger partial charge is 0.481 e. The van der Waals surface area contributed by atoms with Gasteiger partial charge in [-0.1, -0.05) is 19.1 Å². The number of benzene rings is 1. The Labute approximate surface area is 165 Å². The zero-order chi connectivity index (χ0) is 20.1. The highest BCUT2D eigenvalue weighted by molar-refractivity contribution is 8.18. The van der Waals surface area contributed by atoms with Gasteiger partial charge >= 0.3 is 5.97 Å². The molecule has 7 nitrogen and oxygen atoms in total. The van der Waals surface area contributed by atoms with Gasteiger partial charge in [0.1, 0.15) is 11.5 Å². The van der Waals surface area contributed by atoms with Crippen LogP contribution < -0.4 is 5.32 Å². The normalized spacial score (nSPS) is 17.5. The van der Waals surface area contributed by atoms with Crippen LogP contribution in [0.15, 0.2) is 50.7 Å². The SMILES string of the molecule is CCc1ccc(/C=C2\SC(=N[C@H](CC(=O)O)c3ccc(C#N)cc3)NC2=O)o1. The highest BCUT2D eigenvalue weighted by Gasteiger charge is 2.26.